The number of nitrogens with zero attached hydrogens (tertiary/aromatic N) is 2. The molecule has 2 heterocycles. The number of amides is 2. The highest BCUT2D eigenvalue weighted by Crippen LogP contribution is 2.35. The van der Waals surface area contributed by atoms with Gasteiger partial charge in [-0.05, 0) is 43.4 Å². The van der Waals surface area contributed by atoms with Crippen LogP contribution in [0, 0.1) is 5.92 Å². The van der Waals surface area contributed by atoms with Gasteiger partial charge in [0.1, 0.15) is 5.75 Å². The molecule has 0 bridgehead atoms. The van der Waals surface area contributed by atoms with Crippen LogP contribution in [0.15, 0.2) is 24.3 Å². The highest BCUT2D eigenvalue weighted by atomic mass is 16.5. The van der Waals surface area contributed by atoms with Gasteiger partial charge in [0.15, 0.2) is 0 Å². The molecule has 2 amide bonds. The maximum absolute atomic E-state index is 13.0. The van der Waals surface area contributed by atoms with E-state index in [0.717, 1.165) is 43.5 Å². The van der Waals surface area contributed by atoms with Gasteiger partial charge in [0.25, 0.3) is 0 Å². The Morgan fingerprint density at radius 2 is 1.88 bits per heavy atom. The van der Waals surface area contributed by atoms with Crippen LogP contribution in [-0.4, -0.2) is 48.4 Å². The first-order valence-electron chi connectivity index (χ1n) is 8.80. The maximum Gasteiger partial charge on any atom is 0.226 e. The molecule has 3 rings (SSSR count). The van der Waals surface area contributed by atoms with E-state index in [-0.39, 0.29) is 23.8 Å². The Kier molecular flexibility index (Phi) is 5.07. The molecular weight excluding hydrogens is 304 g/mol. The van der Waals surface area contributed by atoms with Crippen molar-refractivity contribution in [2.24, 2.45) is 5.92 Å². The number of ether oxygens (including phenoxy) is 1. The monoisotopic (exact) mass is 330 g/mol. The first kappa shape index (κ1) is 16.8. The lowest BCUT2D eigenvalue weighted by Gasteiger charge is -2.34. The fraction of sp³-hybridized carbons (Fsp3) is 0.579. The van der Waals surface area contributed by atoms with Crippen LogP contribution in [0.3, 0.4) is 0 Å². The lowest BCUT2D eigenvalue weighted by atomic mass is 9.94. The fourth-order valence-corrected chi connectivity index (χ4v) is 3.90. The summed E-state index contributed by atoms with van der Waals surface area (Å²) in [5.74, 6) is 1.24. The van der Waals surface area contributed by atoms with E-state index in [9.17, 15) is 9.59 Å². The van der Waals surface area contributed by atoms with Gasteiger partial charge in [0.05, 0.1) is 13.2 Å². The average molecular weight is 330 g/mol. The molecule has 2 fully saturated rings. The molecule has 0 N–H and O–H groups in total. The van der Waals surface area contributed by atoms with Gasteiger partial charge in [-0.2, -0.15) is 0 Å². The summed E-state index contributed by atoms with van der Waals surface area (Å²) in [5.41, 5.74) is 1.15. The van der Waals surface area contributed by atoms with E-state index in [4.69, 9.17) is 4.74 Å². The number of likely N-dealkylation sites (tertiary alicyclic amines) is 2. The number of methoxy groups -OCH3 is 1. The predicted molar refractivity (Wildman–Crippen MR) is 91.7 cm³/mol. The van der Waals surface area contributed by atoms with Crippen LogP contribution < -0.4 is 4.74 Å². The quantitative estimate of drug-likeness (QED) is 0.856. The van der Waals surface area contributed by atoms with Gasteiger partial charge in [-0.15, -0.1) is 0 Å². The van der Waals surface area contributed by atoms with Gasteiger partial charge in [-0.1, -0.05) is 12.1 Å². The maximum atomic E-state index is 13.0. The van der Waals surface area contributed by atoms with E-state index in [0.29, 0.717) is 13.1 Å². The molecule has 2 aliphatic heterocycles. The molecule has 0 unspecified atom stereocenters. The van der Waals surface area contributed by atoms with Crippen molar-refractivity contribution in [1.82, 2.24) is 9.80 Å². The summed E-state index contributed by atoms with van der Waals surface area (Å²) in [7, 11) is 1.67. The molecule has 0 saturated carbocycles. The van der Waals surface area contributed by atoms with Crippen molar-refractivity contribution in [2.75, 3.05) is 26.7 Å². The van der Waals surface area contributed by atoms with Crippen LogP contribution in [0.25, 0.3) is 0 Å². The van der Waals surface area contributed by atoms with Gasteiger partial charge in [-0.25, -0.2) is 0 Å². The second-order valence-electron chi connectivity index (χ2n) is 6.75. The summed E-state index contributed by atoms with van der Waals surface area (Å²) in [4.78, 5) is 28.3. The van der Waals surface area contributed by atoms with Crippen molar-refractivity contribution in [1.29, 1.82) is 0 Å². The minimum absolute atomic E-state index is 0.0480. The standard InChI is InChI=1S/C19H26N2O3/c1-14(22)20-11-8-15(9-12-20)19(23)21-10-4-7-18(21)16-5-3-6-17(13-16)24-2/h3,5-6,13,15,18H,4,7-12H2,1-2H3/t18-/m1/s1. The number of hydrogen-bond acceptors (Lipinski definition) is 3. The number of benzene rings is 1. The van der Waals surface area contributed by atoms with Crippen LogP contribution in [0.5, 0.6) is 5.75 Å². The number of piperidine rings is 1. The Morgan fingerprint density at radius 1 is 1.12 bits per heavy atom. The van der Waals surface area contributed by atoms with Crippen molar-refractivity contribution in [3.8, 4) is 5.75 Å². The van der Waals surface area contributed by atoms with Gasteiger partial charge >= 0.3 is 0 Å². The lowest BCUT2D eigenvalue weighted by Crippen LogP contribution is -2.43. The summed E-state index contributed by atoms with van der Waals surface area (Å²) >= 11 is 0. The molecule has 0 aliphatic carbocycles. The van der Waals surface area contributed by atoms with Gasteiger partial charge in [0.2, 0.25) is 11.8 Å². The summed E-state index contributed by atoms with van der Waals surface area (Å²) in [5, 5.41) is 0. The molecule has 130 valence electrons. The smallest absolute Gasteiger partial charge is 0.226 e. The topological polar surface area (TPSA) is 49.9 Å². The Morgan fingerprint density at radius 3 is 2.54 bits per heavy atom. The molecule has 0 radical (unpaired) electrons. The van der Waals surface area contributed by atoms with Crippen molar-refractivity contribution < 1.29 is 14.3 Å². The van der Waals surface area contributed by atoms with E-state index in [1.807, 2.05) is 28.0 Å². The number of carbonyl (C=O) groups is 2. The molecule has 24 heavy (non-hydrogen) atoms. The molecule has 1 aromatic carbocycles. The summed E-state index contributed by atoms with van der Waals surface area (Å²) in [6.07, 6.45) is 3.60. The zero-order valence-electron chi connectivity index (χ0n) is 14.5. The zero-order chi connectivity index (χ0) is 17.1. The Hall–Kier alpha value is -2.04. The van der Waals surface area contributed by atoms with Gasteiger partial charge in [0, 0.05) is 32.5 Å². The second kappa shape index (κ2) is 7.24. The molecule has 0 spiro atoms. The first-order valence-corrected chi connectivity index (χ1v) is 8.80. The van der Waals surface area contributed by atoms with Crippen LogP contribution in [0.1, 0.15) is 44.2 Å². The molecule has 1 atom stereocenters. The largest absolute Gasteiger partial charge is 0.497 e. The third-order valence-electron chi connectivity index (χ3n) is 5.30. The van der Waals surface area contributed by atoms with Crippen molar-refractivity contribution in [3.05, 3.63) is 29.8 Å². The molecule has 5 nitrogen and oxygen atoms in total. The molecule has 2 saturated heterocycles. The third-order valence-corrected chi connectivity index (χ3v) is 5.30. The van der Waals surface area contributed by atoms with Crippen LogP contribution in [0.2, 0.25) is 0 Å². The second-order valence-corrected chi connectivity index (χ2v) is 6.75. The zero-order valence-corrected chi connectivity index (χ0v) is 14.5. The van der Waals surface area contributed by atoms with Gasteiger partial charge in [-0.3, -0.25) is 9.59 Å². The molecular formula is C19H26N2O3. The van der Waals surface area contributed by atoms with Crippen LogP contribution in [0.4, 0.5) is 0 Å². The Bertz CT molecular complexity index is 608. The average Bonchev–Trinajstić information content (AvgIpc) is 3.11. The van der Waals surface area contributed by atoms with Crippen molar-refractivity contribution >= 4 is 11.8 Å². The summed E-state index contributed by atoms with van der Waals surface area (Å²) in [6, 6.07) is 8.19. The summed E-state index contributed by atoms with van der Waals surface area (Å²) < 4.78 is 5.32. The van der Waals surface area contributed by atoms with E-state index in [2.05, 4.69) is 6.07 Å². The summed E-state index contributed by atoms with van der Waals surface area (Å²) in [6.45, 7) is 3.82. The number of hydrogen-bond donors (Lipinski definition) is 0. The minimum Gasteiger partial charge on any atom is -0.497 e. The minimum atomic E-state index is 0.0480. The van der Waals surface area contributed by atoms with Crippen LogP contribution in [-0.2, 0) is 9.59 Å². The van der Waals surface area contributed by atoms with E-state index < -0.39 is 0 Å². The normalized spacial score (nSPS) is 21.8. The predicted octanol–water partition coefficient (Wildman–Crippen LogP) is 2.62. The van der Waals surface area contributed by atoms with Crippen molar-refractivity contribution in [2.45, 2.75) is 38.6 Å². The SMILES string of the molecule is COc1cccc([C@H]2CCCN2C(=O)C2CCN(C(C)=O)CC2)c1. The number of carbonyl (C=O) groups excluding carboxylic acids is 2. The molecule has 5 heteroatoms. The molecule has 2 aliphatic rings. The van der Waals surface area contributed by atoms with E-state index in [1.54, 1.807) is 14.0 Å². The number of rotatable bonds is 3. The molecule has 1 aromatic rings. The van der Waals surface area contributed by atoms with Crippen LogP contribution >= 0.6 is 0 Å². The van der Waals surface area contributed by atoms with Gasteiger partial charge < -0.3 is 14.5 Å². The highest BCUT2D eigenvalue weighted by molar-refractivity contribution is 5.80. The Balaban J connectivity index is 1.69. The van der Waals surface area contributed by atoms with E-state index >= 15 is 0 Å². The molecule has 0 aromatic heterocycles. The first-order chi connectivity index (χ1) is 11.6. The highest BCUT2D eigenvalue weighted by Gasteiger charge is 2.35. The lowest BCUT2D eigenvalue weighted by molar-refractivity contribution is -0.140. The van der Waals surface area contributed by atoms with Crippen molar-refractivity contribution in [3.63, 3.8) is 0 Å². The fourth-order valence-electron chi connectivity index (χ4n) is 3.90. The van der Waals surface area contributed by atoms with E-state index in [1.165, 1.54) is 0 Å². The third kappa shape index (κ3) is 3.40. The Labute approximate surface area is 143 Å².